The lowest BCUT2D eigenvalue weighted by molar-refractivity contribution is -0.137. The Labute approximate surface area is 138 Å². The van der Waals surface area contributed by atoms with E-state index in [9.17, 15) is 13.2 Å². The van der Waals surface area contributed by atoms with Gasteiger partial charge in [0, 0.05) is 50.1 Å². The first-order chi connectivity index (χ1) is 11.5. The molecule has 2 heterocycles. The molecule has 1 aliphatic rings. The Morgan fingerprint density at radius 3 is 2.88 bits per heavy atom. The van der Waals surface area contributed by atoms with E-state index in [1.165, 1.54) is 12.3 Å². The van der Waals surface area contributed by atoms with Crippen LogP contribution in [0.25, 0.3) is 10.9 Å². The molecule has 0 radical (unpaired) electrons. The maximum Gasteiger partial charge on any atom is 0.416 e. The molecule has 1 aromatic heterocycles. The first-order valence-electron chi connectivity index (χ1n) is 8.04. The molecule has 7 heteroatoms. The van der Waals surface area contributed by atoms with Crippen LogP contribution in [0.1, 0.15) is 12.0 Å². The number of anilines is 1. The van der Waals surface area contributed by atoms with Gasteiger partial charge in [-0.1, -0.05) is 6.07 Å². The number of halogens is 3. The number of hydrogen-bond donors (Lipinski definition) is 1. The van der Waals surface area contributed by atoms with Crippen molar-refractivity contribution < 1.29 is 17.9 Å². The third-order valence-corrected chi connectivity index (χ3v) is 4.13. The van der Waals surface area contributed by atoms with E-state index in [2.05, 4.69) is 15.2 Å². The van der Waals surface area contributed by atoms with Crippen LogP contribution in [0.4, 0.5) is 18.9 Å². The zero-order chi connectivity index (χ0) is 17.0. The van der Waals surface area contributed by atoms with Crippen LogP contribution in [-0.4, -0.2) is 49.3 Å². The lowest BCUT2D eigenvalue weighted by atomic mass is 10.1. The van der Waals surface area contributed by atoms with E-state index < -0.39 is 11.7 Å². The summed E-state index contributed by atoms with van der Waals surface area (Å²) in [5.74, 6) is 0. The van der Waals surface area contributed by atoms with Gasteiger partial charge < -0.3 is 10.1 Å². The van der Waals surface area contributed by atoms with E-state index in [1.807, 2.05) is 0 Å². The second-order valence-corrected chi connectivity index (χ2v) is 5.82. The molecule has 1 aromatic carbocycles. The highest BCUT2D eigenvalue weighted by molar-refractivity contribution is 5.91. The Balaban J connectivity index is 1.68. The van der Waals surface area contributed by atoms with Gasteiger partial charge in [0.15, 0.2) is 0 Å². The lowest BCUT2D eigenvalue weighted by Crippen LogP contribution is -2.31. The molecule has 3 rings (SSSR count). The molecule has 0 atom stereocenters. The molecule has 1 fully saturated rings. The van der Waals surface area contributed by atoms with Crippen LogP contribution in [0.2, 0.25) is 0 Å². The van der Waals surface area contributed by atoms with Crippen molar-refractivity contribution in [2.75, 3.05) is 44.7 Å². The van der Waals surface area contributed by atoms with E-state index in [0.29, 0.717) is 10.9 Å². The van der Waals surface area contributed by atoms with Gasteiger partial charge in [0.2, 0.25) is 0 Å². The molecule has 0 saturated carbocycles. The van der Waals surface area contributed by atoms with E-state index >= 15 is 0 Å². The molecule has 0 spiro atoms. The number of hydrogen-bond acceptors (Lipinski definition) is 4. The number of nitrogens with one attached hydrogen (secondary N) is 1. The molecular formula is C17H20F3N3O. The summed E-state index contributed by atoms with van der Waals surface area (Å²) in [4.78, 5) is 6.38. The molecule has 0 bridgehead atoms. The summed E-state index contributed by atoms with van der Waals surface area (Å²) in [6.07, 6.45) is -1.79. The van der Waals surface area contributed by atoms with Gasteiger partial charge in [0.1, 0.15) is 0 Å². The van der Waals surface area contributed by atoms with Crippen LogP contribution >= 0.6 is 0 Å². The Bertz CT molecular complexity index is 682. The Hall–Kier alpha value is -1.86. The van der Waals surface area contributed by atoms with Crippen LogP contribution in [0, 0.1) is 0 Å². The summed E-state index contributed by atoms with van der Waals surface area (Å²) in [6.45, 7) is 5.06. The maximum atomic E-state index is 12.8. The smallest absolute Gasteiger partial charge is 0.383 e. The monoisotopic (exact) mass is 339 g/mol. The molecule has 0 aliphatic carbocycles. The first-order valence-corrected chi connectivity index (χ1v) is 8.04. The number of rotatable bonds is 4. The van der Waals surface area contributed by atoms with E-state index in [4.69, 9.17) is 4.74 Å². The highest BCUT2D eigenvalue weighted by Crippen LogP contribution is 2.32. The quantitative estimate of drug-likeness (QED) is 0.927. The summed E-state index contributed by atoms with van der Waals surface area (Å²) >= 11 is 0. The molecule has 1 N–H and O–H groups in total. The van der Waals surface area contributed by atoms with Crippen molar-refractivity contribution in [2.24, 2.45) is 0 Å². The van der Waals surface area contributed by atoms with Crippen LogP contribution in [-0.2, 0) is 10.9 Å². The van der Waals surface area contributed by atoms with Crippen LogP contribution in [0.5, 0.6) is 0 Å². The van der Waals surface area contributed by atoms with Gasteiger partial charge in [0.05, 0.1) is 17.7 Å². The van der Waals surface area contributed by atoms with E-state index in [0.717, 1.165) is 63.6 Å². The van der Waals surface area contributed by atoms with Crippen LogP contribution in [0.3, 0.4) is 0 Å². The maximum absolute atomic E-state index is 12.8. The van der Waals surface area contributed by atoms with Crippen molar-refractivity contribution in [1.29, 1.82) is 0 Å². The largest absolute Gasteiger partial charge is 0.416 e. The number of alkyl halides is 3. The topological polar surface area (TPSA) is 37.4 Å². The molecule has 0 amide bonds. The molecule has 130 valence electrons. The number of ether oxygens (including phenoxy) is 1. The second-order valence-electron chi connectivity index (χ2n) is 5.82. The molecule has 0 unspecified atom stereocenters. The normalized spacial score (nSPS) is 17.0. The molecule has 1 aliphatic heterocycles. The number of fused-ring (bicyclic) bond motifs is 1. The zero-order valence-corrected chi connectivity index (χ0v) is 13.3. The SMILES string of the molecule is FC(F)(F)c1ccc2c(NCCN3CCCOCC3)ccnc2c1. The van der Waals surface area contributed by atoms with Gasteiger partial charge in [-0.15, -0.1) is 0 Å². The average Bonchev–Trinajstić information content (AvgIpc) is 2.82. The number of pyridine rings is 1. The van der Waals surface area contributed by atoms with Crippen molar-refractivity contribution in [3.05, 3.63) is 36.0 Å². The van der Waals surface area contributed by atoms with Crippen LogP contribution in [0.15, 0.2) is 30.5 Å². The highest BCUT2D eigenvalue weighted by Gasteiger charge is 2.30. The molecule has 4 nitrogen and oxygen atoms in total. The van der Waals surface area contributed by atoms with Crippen molar-refractivity contribution in [3.63, 3.8) is 0 Å². The summed E-state index contributed by atoms with van der Waals surface area (Å²) in [5, 5.41) is 4.01. The van der Waals surface area contributed by atoms with Gasteiger partial charge >= 0.3 is 6.18 Å². The van der Waals surface area contributed by atoms with Gasteiger partial charge in [-0.05, 0) is 24.6 Å². The number of nitrogens with zero attached hydrogens (tertiary/aromatic N) is 2. The fourth-order valence-electron chi connectivity index (χ4n) is 2.85. The highest BCUT2D eigenvalue weighted by atomic mass is 19.4. The molecule has 2 aromatic rings. The summed E-state index contributed by atoms with van der Waals surface area (Å²) in [7, 11) is 0. The Kier molecular flexibility index (Phi) is 5.20. The van der Waals surface area contributed by atoms with Gasteiger partial charge in [-0.2, -0.15) is 13.2 Å². The Morgan fingerprint density at radius 1 is 1.17 bits per heavy atom. The van der Waals surface area contributed by atoms with Gasteiger partial charge in [0.25, 0.3) is 0 Å². The molecular weight excluding hydrogens is 319 g/mol. The van der Waals surface area contributed by atoms with Crippen molar-refractivity contribution >= 4 is 16.6 Å². The van der Waals surface area contributed by atoms with Crippen LogP contribution < -0.4 is 5.32 Å². The summed E-state index contributed by atoms with van der Waals surface area (Å²) in [5.41, 5.74) is 0.474. The van der Waals surface area contributed by atoms with Crippen molar-refractivity contribution in [3.8, 4) is 0 Å². The minimum Gasteiger partial charge on any atom is -0.383 e. The Morgan fingerprint density at radius 2 is 2.04 bits per heavy atom. The van der Waals surface area contributed by atoms with Gasteiger partial charge in [-0.3, -0.25) is 9.88 Å². The second kappa shape index (κ2) is 7.36. The minimum absolute atomic E-state index is 0.345. The molecule has 24 heavy (non-hydrogen) atoms. The third-order valence-electron chi connectivity index (χ3n) is 4.13. The van der Waals surface area contributed by atoms with Crippen molar-refractivity contribution in [2.45, 2.75) is 12.6 Å². The number of benzene rings is 1. The van der Waals surface area contributed by atoms with Gasteiger partial charge in [-0.25, -0.2) is 0 Å². The fourth-order valence-corrected chi connectivity index (χ4v) is 2.85. The standard InChI is InChI=1S/C17H20F3N3O/c18-17(19,20)13-2-3-14-15(4-5-21-16(14)12-13)22-6-8-23-7-1-10-24-11-9-23/h2-5,12H,1,6-11H2,(H,21,22). The predicted octanol–water partition coefficient (Wildman–Crippen LogP) is 3.39. The third kappa shape index (κ3) is 4.15. The van der Waals surface area contributed by atoms with E-state index in [-0.39, 0.29) is 0 Å². The number of aromatic nitrogens is 1. The predicted molar refractivity (Wildman–Crippen MR) is 87.1 cm³/mol. The summed E-state index contributed by atoms with van der Waals surface area (Å²) in [6, 6.07) is 5.46. The average molecular weight is 339 g/mol. The molecule has 1 saturated heterocycles. The van der Waals surface area contributed by atoms with E-state index in [1.54, 1.807) is 6.07 Å². The fraction of sp³-hybridized carbons (Fsp3) is 0.471. The summed E-state index contributed by atoms with van der Waals surface area (Å²) < 4.78 is 43.8. The van der Waals surface area contributed by atoms with Crippen molar-refractivity contribution in [1.82, 2.24) is 9.88 Å². The first kappa shape index (κ1) is 17.0. The zero-order valence-electron chi connectivity index (χ0n) is 13.3. The lowest BCUT2D eigenvalue weighted by Gasteiger charge is -2.20. The minimum atomic E-state index is -4.35.